The number of rotatable bonds is 4. The summed E-state index contributed by atoms with van der Waals surface area (Å²) in [5, 5.41) is 0. The number of carbonyl (C=O) groups excluding carboxylic acids is 2. The lowest BCUT2D eigenvalue weighted by atomic mass is 9.68. The van der Waals surface area contributed by atoms with Crippen LogP contribution in [0.1, 0.15) is 31.2 Å². The zero-order valence-electron chi connectivity index (χ0n) is 14.2. The second kappa shape index (κ2) is 6.67. The van der Waals surface area contributed by atoms with Crippen LogP contribution in [0.5, 0.6) is 5.75 Å². The van der Waals surface area contributed by atoms with E-state index in [9.17, 15) is 9.59 Å². The van der Waals surface area contributed by atoms with Crippen molar-refractivity contribution in [2.45, 2.75) is 37.8 Å². The van der Waals surface area contributed by atoms with Crippen LogP contribution in [-0.4, -0.2) is 36.4 Å². The summed E-state index contributed by atoms with van der Waals surface area (Å²) < 4.78 is 10.3. The summed E-state index contributed by atoms with van der Waals surface area (Å²) >= 11 is 0. The zero-order valence-corrected chi connectivity index (χ0v) is 14.2. The Morgan fingerprint density at radius 1 is 1.25 bits per heavy atom. The zero-order chi connectivity index (χ0) is 17.2. The van der Waals surface area contributed by atoms with E-state index < -0.39 is 5.54 Å². The molecule has 0 radical (unpaired) electrons. The highest BCUT2D eigenvalue weighted by molar-refractivity contribution is 5.99. The third kappa shape index (κ3) is 2.68. The maximum atomic E-state index is 12.7. The first-order valence-electron chi connectivity index (χ1n) is 8.32. The molecule has 0 amide bonds. The molecule has 0 saturated heterocycles. The number of carbonyl (C=O) groups is 2. The van der Waals surface area contributed by atoms with Gasteiger partial charge in [-0.05, 0) is 36.6 Å². The SMILES string of the molecule is COC(=O)[C@]12CCCC[C@H]1C(=O)C=CN2Cc1ccc(OC)cc1. The second-order valence-corrected chi connectivity index (χ2v) is 6.41. The van der Waals surface area contributed by atoms with E-state index in [1.54, 1.807) is 19.4 Å². The van der Waals surface area contributed by atoms with Crippen molar-refractivity contribution in [3.8, 4) is 5.75 Å². The topological polar surface area (TPSA) is 55.8 Å². The molecule has 24 heavy (non-hydrogen) atoms. The van der Waals surface area contributed by atoms with E-state index in [4.69, 9.17) is 9.47 Å². The normalized spacial score (nSPS) is 26.0. The molecule has 1 aromatic rings. The molecule has 5 heteroatoms. The first-order valence-corrected chi connectivity index (χ1v) is 8.32. The molecule has 0 N–H and O–H groups in total. The fourth-order valence-electron chi connectivity index (χ4n) is 3.95. The number of nitrogens with zero attached hydrogens (tertiary/aromatic N) is 1. The highest BCUT2D eigenvalue weighted by Crippen LogP contribution is 2.43. The molecule has 128 valence electrons. The first-order chi connectivity index (χ1) is 11.6. The number of hydrogen-bond donors (Lipinski definition) is 0. The van der Waals surface area contributed by atoms with Gasteiger partial charge >= 0.3 is 5.97 Å². The van der Waals surface area contributed by atoms with Crippen molar-refractivity contribution >= 4 is 11.8 Å². The minimum Gasteiger partial charge on any atom is -0.497 e. The Hall–Kier alpha value is -2.30. The van der Waals surface area contributed by atoms with E-state index in [0.717, 1.165) is 30.6 Å². The van der Waals surface area contributed by atoms with Gasteiger partial charge in [0.2, 0.25) is 0 Å². The lowest BCUT2D eigenvalue weighted by molar-refractivity contribution is -0.164. The van der Waals surface area contributed by atoms with Gasteiger partial charge in [0, 0.05) is 12.7 Å². The molecule has 5 nitrogen and oxygen atoms in total. The van der Waals surface area contributed by atoms with Crippen LogP contribution >= 0.6 is 0 Å². The van der Waals surface area contributed by atoms with Crippen molar-refractivity contribution in [2.24, 2.45) is 5.92 Å². The molecule has 0 spiro atoms. The molecule has 3 rings (SSSR count). The molecule has 2 aliphatic rings. The van der Waals surface area contributed by atoms with Crippen LogP contribution in [0.15, 0.2) is 36.5 Å². The van der Waals surface area contributed by atoms with Crippen molar-refractivity contribution in [2.75, 3.05) is 14.2 Å². The van der Waals surface area contributed by atoms with Gasteiger partial charge in [0.1, 0.15) is 11.3 Å². The van der Waals surface area contributed by atoms with Crippen molar-refractivity contribution in [1.29, 1.82) is 0 Å². The van der Waals surface area contributed by atoms with Gasteiger partial charge in [-0.3, -0.25) is 4.79 Å². The Kier molecular flexibility index (Phi) is 4.60. The quantitative estimate of drug-likeness (QED) is 0.795. The third-order valence-electron chi connectivity index (χ3n) is 5.20. The number of allylic oxidation sites excluding steroid dienone is 1. The molecule has 0 bridgehead atoms. The Bertz CT molecular complexity index is 652. The van der Waals surface area contributed by atoms with Crippen molar-refractivity contribution < 1.29 is 19.1 Å². The summed E-state index contributed by atoms with van der Waals surface area (Å²) in [6.07, 6.45) is 6.63. The molecule has 1 heterocycles. The van der Waals surface area contributed by atoms with E-state index >= 15 is 0 Å². The maximum Gasteiger partial charge on any atom is 0.332 e. The van der Waals surface area contributed by atoms with Crippen LogP contribution in [0, 0.1) is 5.92 Å². The molecule has 1 aliphatic heterocycles. The van der Waals surface area contributed by atoms with E-state index in [1.165, 1.54) is 7.11 Å². The average molecular weight is 329 g/mol. The Balaban J connectivity index is 1.95. The molecule has 2 atom stereocenters. The predicted octanol–water partition coefficient (Wildman–Crippen LogP) is 2.70. The van der Waals surface area contributed by atoms with Crippen LogP contribution in [0.2, 0.25) is 0 Å². The summed E-state index contributed by atoms with van der Waals surface area (Å²) in [6, 6.07) is 7.76. The highest BCUT2D eigenvalue weighted by atomic mass is 16.5. The molecule has 0 unspecified atom stereocenters. The molecule has 1 saturated carbocycles. The monoisotopic (exact) mass is 329 g/mol. The maximum absolute atomic E-state index is 12.7. The minimum absolute atomic E-state index is 0.0334. The molecule has 1 fully saturated rings. The third-order valence-corrected chi connectivity index (χ3v) is 5.20. The molecule has 0 aromatic heterocycles. The molecule has 1 aliphatic carbocycles. The number of ether oxygens (including phenoxy) is 2. The largest absolute Gasteiger partial charge is 0.497 e. The number of methoxy groups -OCH3 is 2. The van der Waals surface area contributed by atoms with Gasteiger partial charge < -0.3 is 14.4 Å². The van der Waals surface area contributed by atoms with Gasteiger partial charge in [0.15, 0.2) is 5.78 Å². The van der Waals surface area contributed by atoms with Crippen molar-refractivity contribution in [1.82, 2.24) is 4.90 Å². The van der Waals surface area contributed by atoms with Crippen LogP contribution in [0.4, 0.5) is 0 Å². The van der Waals surface area contributed by atoms with Crippen molar-refractivity contribution in [3.63, 3.8) is 0 Å². The highest BCUT2D eigenvalue weighted by Gasteiger charge is 2.55. The Morgan fingerprint density at radius 2 is 2.00 bits per heavy atom. The summed E-state index contributed by atoms with van der Waals surface area (Å²) in [7, 11) is 3.03. The summed E-state index contributed by atoms with van der Waals surface area (Å²) in [5.41, 5.74) is 0.182. The van der Waals surface area contributed by atoms with Gasteiger partial charge in [-0.25, -0.2) is 4.79 Å². The first kappa shape index (κ1) is 16.6. The van der Waals surface area contributed by atoms with Crippen LogP contribution < -0.4 is 4.74 Å². The molecular weight excluding hydrogens is 306 g/mol. The average Bonchev–Trinajstić information content (AvgIpc) is 2.64. The van der Waals surface area contributed by atoms with Gasteiger partial charge in [0.05, 0.1) is 20.1 Å². The molecule has 1 aromatic carbocycles. The lowest BCUT2D eigenvalue weighted by Gasteiger charge is -2.49. The summed E-state index contributed by atoms with van der Waals surface area (Å²) in [5.74, 6) is 0.202. The Labute approximate surface area is 142 Å². The fraction of sp³-hybridized carbons (Fsp3) is 0.474. The lowest BCUT2D eigenvalue weighted by Crippen LogP contribution is -2.62. The number of ketones is 1. The number of benzene rings is 1. The van der Waals surface area contributed by atoms with Crippen LogP contribution in [0.3, 0.4) is 0 Å². The number of fused-ring (bicyclic) bond motifs is 1. The number of hydrogen-bond acceptors (Lipinski definition) is 5. The summed E-state index contributed by atoms with van der Waals surface area (Å²) in [4.78, 5) is 27.1. The van der Waals surface area contributed by atoms with Gasteiger partial charge in [-0.1, -0.05) is 25.0 Å². The van der Waals surface area contributed by atoms with E-state index in [1.807, 2.05) is 29.2 Å². The minimum atomic E-state index is -0.876. The van der Waals surface area contributed by atoms with E-state index in [0.29, 0.717) is 13.0 Å². The van der Waals surface area contributed by atoms with E-state index in [2.05, 4.69) is 0 Å². The van der Waals surface area contributed by atoms with Crippen molar-refractivity contribution in [3.05, 3.63) is 42.1 Å². The number of esters is 1. The van der Waals surface area contributed by atoms with Crippen LogP contribution in [0.25, 0.3) is 0 Å². The smallest absolute Gasteiger partial charge is 0.332 e. The van der Waals surface area contributed by atoms with E-state index in [-0.39, 0.29) is 17.7 Å². The second-order valence-electron chi connectivity index (χ2n) is 6.41. The molecular formula is C19H23NO4. The fourth-order valence-corrected chi connectivity index (χ4v) is 3.95. The predicted molar refractivity (Wildman–Crippen MR) is 89.4 cm³/mol. The van der Waals surface area contributed by atoms with Crippen LogP contribution in [-0.2, 0) is 20.9 Å². The summed E-state index contributed by atoms with van der Waals surface area (Å²) in [6.45, 7) is 0.555. The van der Waals surface area contributed by atoms with Gasteiger partial charge in [-0.2, -0.15) is 0 Å². The van der Waals surface area contributed by atoms with Gasteiger partial charge in [-0.15, -0.1) is 0 Å². The Morgan fingerprint density at radius 3 is 2.67 bits per heavy atom. The standard InChI is InChI=1S/C19H23NO4/c1-23-15-8-6-14(7-9-15)13-20-12-10-17(21)16-5-3-4-11-19(16,20)18(22)24-2/h6-10,12,16H,3-5,11,13H2,1-2H3/t16-,19-/m0/s1. The van der Waals surface area contributed by atoms with Gasteiger partial charge in [0.25, 0.3) is 0 Å².